The molecule has 0 saturated heterocycles. The summed E-state index contributed by atoms with van der Waals surface area (Å²) >= 11 is 0. The summed E-state index contributed by atoms with van der Waals surface area (Å²) in [6, 6.07) is 0. The fourth-order valence-electron chi connectivity index (χ4n) is 2.62. The molecule has 0 aliphatic heterocycles. The van der Waals surface area contributed by atoms with E-state index in [2.05, 4.69) is 10.2 Å². The van der Waals surface area contributed by atoms with Crippen molar-refractivity contribution in [3.05, 3.63) is 29.2 Å². The van der Waals surface area contributed by atoms with Crippen molar-refractivity contribution in [3.8, 4) is 11.3 Å². The molecule has 1 N–H and O–H groups in total. The monoisotopic (exact) mass is 245 g/mol. The highest BCUT2D eigenvalue weighted by Crippen LogP contribution is 2.35. The Kier molecular flexibility index (Phi) is 2.47. The van der Waals surface area contributed by atoms with Crippen molar-refractivity contribution in [3.63, 3.8) is 0 Å². The van der Waals surface area contributed by atoms with Gasteiger partial charge in [0.25, 0.3) is 0 Å². The van der Waals surface area contributed by atoms with Gasteiger partial charge in [0, 0.05) is 24.5 Å². The Morgan fingerprint density at radius 1 is 1.56 bits per heavy atom. The molecule has 2 aromatic heterocycles. The smallest absolute Gasteiger partial charge is 0.339 e. The third-order valence-electron chi connectivity index (χ3n) is 3.38. The largest absolute Gasteiger partial charge is 0.462 e. The second-order valence-corrected chi connectivity index (χ2v) is 4.46. The molecule has 0 atom stereocenters. The molecule has 0 radical (unpaired) electrons. The number of nitrogens with zero attached hydrogens (tertiary/aromatic N) is 2. The molecule has 1 aliphatic rings. The van der Waals surface area contributed by atoms with Crippen LogP contribution in [0.1, 0.15) is 28.5 Å². The van der Waals surface area contributed by atoms with E-state index in [-0.39, 0.29) is 5.97 Å². The van der Waals surface area contributed by atoms with Gasteiger partial charge in [0.15, 0.2) is 0 Å². The number of ether oxygens (including phenoxy) is 1. The van der Waals surface area contributed by atoms with E-state index in [4.69, 9.17) is 4.74 Å². The molecule has 0 spiro atoms. The van der Waals surface area contributed by atoms with Crippen LogP contribution >= 0.6 is 0 Å². The van der Waals surface area contributed by atoms with E-state index < -0.39 is 0 Å². The SMILES string of the molecule is CCOC(=O)c1cn(C)c2c1CCc1[nH]ncc1-2. The fourth-order valence-corrected chi connectivity index (χ4v) is 2.62. The Morgan fingerprint density at radius 3 is 3.17 bits per heavy atom. The van der Waals surface area contributed by atoms with Crippen molar-refractivity contribution in [2.45, 2.75) is 19.8 Å². The first-order chi connectivity index (χ1) is 8.72. The van der Waals surface area contributed by atoms with Crippen LogP contribution in [-0.2, 0) is 24.6 Å². The Hall–Kier alpha value is -2.04. The maximum atomic E-state index is 11.9. The van der Waals surface area contributed by atoms with Crippen molar-refractivity contribution in [2.24, 2.45) is 7.05 Å². The van der Waals surface area contributed by atoms with E-state index in [9.17, 15) is 4.79 Å². The van der Waals surface area contributed by atoms with Gasteiger partial charge in [-0.05, 0) is 25.3 Å². The van der Waals surface area contributed by atoms with Gasteiger partial charge in [-0.2, -0.15) is 5.10 Å². The molecule has 0 amide bonds. The topological polar surface area (TPSA) is 59.9 Å². The van der Waals surface area contributed by atoms with Crippen molar-refractivity contribution >= 4 is 5.97 Å². The minimum absolute atomic E-state index is 0.235. The summed E-state index contributed by atoms with van der Waals surface area (Å²) in [5.41, 5.74) is 5.06. The Balaban J connectivity index is 2.13. The number of esters is 1. The quantitative estimate of drug-likeness (QED) is 0.819. The second kappa shape index (κ2) is 4.01. The van der Waals surface area contributed by atoms with Gasteiger partial charge in [-0.25, -0.2) is 4.79 Å². The second-order valence-electron chi connectivity index (χ2n) is 4.46. The van der Waals surface area contributed by atoms with E-state index in [1.165, 1.54) is 0 Å². The lowest BCUT2D eigenvalue weighted by molar-refractivity contribution is 0.0525. The molecule has 0 bridgehead atoms. The normalized spacial score (nSPS) is 13.0. The molecule has 0 fully saturated rings. The Bertz CT molecular complexity index is 610. The molecule has 2 heterocycles. The predicted molar refractivity (Wildman–Crippen MR) is 66.4 cm³/mol. The van der Waals surface area contributed by atoms with Crippen LogP contribution in [0.15, 0.2) is 12.4 Å². The zero-order valence-corrected chi connectivity index (χ0v) is 10.5. The van der Waals surface area contributed by atoms with E-state index >= 15 is 0 Å². The standard InChI is InChI=1S/C13H15N3O2/c1-3-18-13(17)10-7-16(2)12-8(10)4-5-11-9(12)6-14-15-11/h6-7H,3-5H2,1-2H3,(H,14,15). The summed E-state index contributed by atoms with van der Waals surface area (Å²) in [7, 11) is 1.95. The number of carbonyl (C=O) groups is 1. The minimum atomic E-state index is -0.235. The van der Waals surface area contributed by atoms with Gasteiger partial charge in [-0.15, -0.1) is 0 Å². The predicted octanol–water partition coefficient (Wildman–Crippen LogP) is 1.69. The molecule has 3 rings (SSSR count). The third-order valence-corrected chi connectivity index (χ3v) is 3.38. The summed E-state index contributed by atoms with van der Waals surface area (Å²) in [6.45, 7) is 2.22. The van der Waals surface area contributed by atoms with Gasteiger partial charge in [0.05, 0.1) is 24.1 Å². The van der Waals surface area contributed by atoms with Crippen LogP contribution in [0.5, 0.6) is 0 Å². The minimum Gasteiger partial charge on any atom is -0.462 e. The van der Waals surface area contributed by atoms with Gasteiger partial charge in [0.1, 0.15) is 0 Å². The van der Waals surface area contributed by atoms with Gasteiger partial charge in [-0.1, -0.05) is 0 Å². The number of nitrogens with one attached hydrogen (secondary N) is 1. The summed E-state index contributed by atoms with van der Waals surface area (Å²) in [6.07, 6.45) is 5.41. The van der Waals surface area contributed by atoms with E-state index in [0.717, 1.165) is 35.4 Å². The van der Waals surface area contributed by atoms with Crippen LogP contribution in [0.4, 0.5) is 0 Å². The first kappa shape index (κ1) is 11.1. The summed E-state index contributed by atoms with van der Waals surface area (Å²) < 4.78 is 7.08. The zero-order chi connectivity index (χ0) is 12.7. The summed E-state index contributed by atoms with van der Waals surface area (Å²) in [5, 5.41) is 7.09. The Labute approximate surface area is 105 Å². The number of aromatic nitrogens is 3. The molecule has 5 nitrogen and oxygen atoms in total. The Morgan fingerprint density at radius 2 is 2.39 bits per heavy atom. The lowest BCUT2D eigenvalue weighted by atomic mass is 9.93. The average Bonchev–Trinajstić information content (AvgIpc) is 2.93. The lowest BCUT2D eigenvalue weighted by Gasteiger charge is -2.14. The van der Waals surface area contributed by atoms with Crippen LogP contribution in [0.2, 0.25) is 0 Å². The number of rotatable bonds is 2. The third kappa shape index (κ3) is 1.47. The van der Waals surface area contributed by atoms with Crippen molar-refractivity contribution in [2.75, 3.05) is 6.61 Å². The molecule has 2 aromatic rings. The summed E-state index contributed by atoms with van der Waals surface area (Å²) in [5.74, 6) is -0.235. The first-order valence-corrected chi connectivity index (χ1v) is 6.10. The number of H-pyrrole nitrogens is 1. The van der Waals surface area contributed by atoms with Gasteiger partial charge < -0.3 is 9.30 Å². The summed E-state index contributed by atoms with van der Waals surface area (Å²) in [4.78, 5) is 11.9. The van der Waals surface area contributed by atoms with E-state index in [1.807, 2.05) is 30.9 Å². The van der Waals surface area contributed by atoms with Crippen molar-refractivity contribution < 1.29 is 9.53 Å². The first-order valence-electron chi connectivity index (χ1n) is 6.10. The van der Waals surface area contributed by atoms with Crippen LogP contribution in [0.25, 0.3) is 11.3 Å². The number of hydrogen-bond donors (Lipinski definition) is 1. The molecule has 0 aromatic carbocycles. The molecule has 18 heavy (non-hydrogen) atoms. The highest BCUT2D eigenvalue weighted by Gasteiger charge is 2.27. The lowest BCUT2D eigenvalue weighted by Crippen LogP contribution is -2.09. The fraction of sp³-hybridized carbons (Fsp3) is 0.385. The van der Waals surface area contributed by atoms with Gasteiger partial charge in [-0.3, -0.25) is 5.10 Å². The molecule has 5 heteroatoms. The van der Waals surface area contributed by atoms with Gasteiger partial charge in [0.2, 0.25) is 0 Å². The van der Waals surface area contributed by atoms with Crippen LogP contribution in [-0.4, -0.2) is 27.3 Å². The molecule has 94 valence electrons. The number of aromatic amines is 1. The molecular weight excluding hydrogens is 230 g/mol. The van der Waals surface area contributed by atoms with Crippen molar-refractivity contribution in [1.29, 1.82) is 0 Å². The number of carbonyl (C=O) groups excluding carboxylic acids is 1. The molecule has 0 unspecified atom stereocenters. The number of aryl methyl sites for hydroxylation is 2. The highest BCUT2D eigenvalue weighted by atomic mass is 16.5. The average molecular weight is 245 g/mol. The van der Waals surface area contributed by atoms with Gasteiger partial charge >= 0.3 is 5.97 Å². The molecule has 0 saturated carbocycles. The van der Waals surface area contributed by atoms with E-state index in [1.54, 1.807) is 0 Å². The number of hydrogen-bond acceptors (Lipinski definition) is 3. The van der Waals surface area contributed by atoms with E-state index in [0.29, 0.717) is 12.2 Å². The van der Waals surface area contributed by atoms with Crippen LogP contribution in [0.3, 0.4) is 0 Å². The van der Waals surface area contributed by atoms with Crippen LogP contribution < -0.4 is 0 Å². The maximum absolute atomic E-state index is 11.9. The maximum Gasteiger partial charge on any atom is 0.339 e. The zero-order valence-electron chi connectivity index (χ0n) is 10.5. The van der Waals surface area contributed by atoms with Crippen molar-refractivity contribution in [1.82, 2.24) is 14.8 Å². The number of fused-ring (bicyclic) bond motifs is 3. The molecular formula is C13H15N3O2. The van der Waals surface area contributed by atoms with Crippen LogP contribution in [0, 0.1) is 0 Å². The molecule has 1 aliphatic carbocycles. The highest BCUT2D eigenvalue weighted by molar-refractivity contribution is 5.94.